The van der Waals surface area contributed by atoms with E-state index >= 15 is 0 Å². The van der Waals surface area contributed by atoms with Crippen LogP contribution >= 0.6 is 11.6 Å². The van der Waals surface area contributed by atoms with Crippen molar-refractivity contribution in [3.63, 3.8) is 0 Å². The fourth-order valence-corrected chi connectivity index (χ4v) is 2.63. The number of benzene rings is 3. The Morgan fingerprint density at radius 1 is 0.781 bits per heavy atom. The first-order chi connectivity index (χ1) is 15.4. The van der Waals surface area contributed by atoms with Crippen molar-refractivity contribution in [2.75, 3.05) is 6.61 Å². The van der Waals surface area contributed by atoms with Gasteiger partial charge < -0.3 is 25.8 Å². The molecule has 164 valence electrons. The number of carbonyl (C=O) groups excluding carboxylic acids is 2. The number of hydrogen-bond donors (Lipinski definition) is 2. The lowest BCUT2D eigenvalue weighted by Crippen LogP contribution is -2.20. The second kappa shape index (κ2) is 10.8. The Morgan fingerprint density at radius 3 is 1.97 bits per heavy atom. The van der Waals surface area contributed by atoms with Gasteiger partial charge in [0, 0.05) is 10.6 Å². The van der Waals surface area contributed by atoms with E-state index in [0.717, 1.165) is 5.56 Å². The van der Waals surface area contributed by atoms with Crippen LogP contribution in [0.1, 0.15) is 21.5 Å². The maximum atomic E-state index is 12.2. The minimum atomic E-state index is -0.653. The van der Waals surface area contributed by atoms with Gasteiger partial charge in [-0.15, -0.1) is 0 Å². The van der Waals surface area contributed by atoms with Gasteiger partial charge >= 0.3 is 5.97 Å². The average Bonchev–Trinajstić information content (AvgIpc) is 2.81. The van der Waals surface area contributed by atoms with Crippen molar-refractivity contribution in [2.45, 2.75) is 6.61 Å². The molecule has 9 heteroatoms. The van der Waals surface area contributed by atoms with Crippen LogP contribution in [0.2, 0.25) is 5.02 Å². The predicted octanol–water partition coefficient (Wildman–Crippen LogP) is 3.26. The molecule has 32 heavy (non-hydrogen) atoms. The van der Waals surface area contributed by atoms with E-state index in [0.29, 0.717) is 34.3 Å². The van der Waals surface area contributed by atoms with Crippen LogP contribution < -0.4 is 20.9 Å². The highest BCUT2D eigenvalue weighted by Crippen LogP contribution is 2.17. The van der Waals surface area contributed by atoms with Crippen LogP contribution in [0.15, 0.2) is 78.0 Å². The van der Waals surface area contributed by atoms with E-state index < -0.39 is 11.9 Å². The van der Waals surface area contributed by atoms with Gasteiger partial charge in [0.1, 0.15) is 18.1 Å². The van der Waals surface area contributed by atoms with E-state index in [1.54, 1.807) is 72.8 Å². The molecule has 0 aliphatic heterocycles. The summed E-state index contributed by atoms with van der Waals surface area (Å²) in [6, 6.07) is 20.2. The first-order valence-corrected chi connectivity index (χ1v) is 9.82. The summed E-state index contributed by atoms with van der Waals surface area (Å²) >= 11 is 5.85. The lowest BCUT2D eigenvalue weighted by atomic mass is 10.1. The molecule has 0 saturated heterocycles. The number of carbonyl (C=O) groups is 2. The van der Waals surface area contributed by atoms with Gasteiger partial charge in [-0.1, -0.05) is 28.9 Å². The summed E-state index contributed by atoms with van der Waals surface area (Å²) in [4.78, 5) is 27.9. The zero-order valence-corrected chi connectivity index (χ0v) is 17.6. The number of primary amides is 1. The summed E-state index contributed by atoms with van der Waals surface area (Å²) in [6.07, 6.45) is 0. The van der Waals surface area contributed by atoms with Crippen molar-refractivity contribution in [2.24, 2.45) is 16.6 Å². The van der Waals surface area contributed by atoms with Gasteiger partial charge in [-0.25, -0.2) is 4.79 Å². The predicted molar refractivity (Wildman–Crippen MR) is 119 cm³/mol. The van der Waals surface area contributed by atoms with Crippen LogP contribution in [-0.4, -0.2) is 24.3 Å². The molecule has 0 aliphatic rings. The molecule has 0 bridgehead atoms. The number of rotatable bonds is 9. The zero-order valence-electron chi connectivity index (χ0n) is 16.9. The van der Waals surface area contributed by atoms with E-state index in [-0.39, 0.29) is 12.4 Å². The summed E-state index contributed by atoms with van der Waals surface area (Å²) in [7, 11) is 0. The van der Waals surface area contributed by atoms with Gasteiger partial charge in [0.25, 0.3) is 5.91 Å². The molecule has 0 spiro atoms. The zero-order chi connectivity index (χ0) is 22.9. The molecule has 0 radical (unpaired) electrons. The summed E-state index contributed by atoms with van der Waals surface area (Å²) in [5.41, 5.74) is 12.6. The Kier molecular flexibility index (Phi) is 7.66. The molecule has 0 heterocycles. The lowest BCUT2D eigenvalue weighted by Gasteiger charge is -2.07. The second-order valence-electron chi connectivity index (χ2n) is 6.57. The van der Waals surface area contributed by atoms with Gasteiger partial charge in [0.15, 0.2) is 12.4 Å². The number of hydrogen-bond acceptors (Lipinski definition) is 6. The topological polar surface area (TPSA) is 126 Å². The Bertz CT molecular complexity index is 1100. The van der Waals surface area contributed by atoms with Crippen molar-refractivity contribution in [3.8, 4) is 11.5 Å². The van der Waals surface area contributed by atoms with Crippen LogP contribution in [-0.2, 0) is 16.2 Å². The molecule has 0 atom stereocenters. The number of amidine groups is 1. The van der Waals surface area contributed by atoms with Gasteiger partial charge in [-0.05, 0) is 66.2 Å². The van der Waals surface area contributed by atoms with Crippen LogP contribution in [0, 0.1) is 0 Å². The van der Waals surface area contributed by atoms with Crippen molar-refractivity contribution in [1.82, 2.24) is 0 Å². The molecule has 0 unspecified atom stereocenters. The van der Waals surface area contributed by atoms with Crippen molar-refractivity contribution in [1.29, 1.82) is 0 Å². The maximum absolute atomic E-state index is 12.2. The van der Waals surface area contributed by atoms with Crippen molar-refractivity contribution in [3.05, 3.63) is 94.5 Å². The summed E-state index contributed by atoms with van der Waals surface area (Å²) in [6.45, 7) is 0.105. The van der Waals surface area contributed by atoms with Crippen LogP contribution in [0.3, 0.4) is 0 Å². The highest BCUT2D eigenvalue weighted by atomic mass is 35.5. The Morgan fingerprint density at radius 2 is 1.34 bits per heavy atom. The third-order valence-corrected chi connectivity index (χ3v) is 4.42. The van der Waals surface area contributed by atoms with Crippen LogP contribution in [0.25, 0.3) is 0 Å². The Labute approximate surface area is 189 Å². The summed E-state index contributed by atoms with van der Waals surface area (Å²) in [5.74, 6) is -0.0934. The van der Waals surface area contributed by atoms with Crippen LogP contribution in [0.4, 0.5) is 0 Å². The lowest BCUT2D eigenvalue weighted by molar-refractivity contribution is -0.119. The molecule has 0 fully saturated rings. The number of halogens is 1. The van der Waals surface area contributed by atoms with Gasteiger partial charge in [0.2, 0.25) is 0 Å². The van der Waals surface area contributed by atoms with E-state index in [2.05, 4.69) is 5.16 Å². The van der Waals surface area contributed by atoms with E-state index in [4.69, 9.17) is 37.4 Å². The molecule has 1 amide bonds. The van der Waals surface area contributed by atoms with E-state index in [1.165, 1.54) is 0 Å². The molecular weight excluding hydrogens is 434 g/mol. The number of ether oxygens (including phenoxy) is 2. The molecule has 0 aliphatic carbocycles. The largest absolute Gasteiger partial charge is 0.489 e. The van der Waals surface area contributed by atoms with Crippen molar-refractivity contribution < 1.29 is 23.9 Å². The SMILES string of the molecule is NC(=O)COc1ccc(/C(N)=N/OC(=O)c2ccc(COc3ccc(Cl)cc3)cc2)cc1. The average molecular weight is 454 g/mol. The Balaban J connectivity index is 1.52. The fraction of sp³-hybridized carbons (Fsp3) is 0.0870. The summed E-state index contributed by atoms with van der Waals surface area (Å²) < 4.78 is 10.8. The fourth-order valence-electron chi connectivity index (χ4n) is 2.51. The third-order valence-electron chi connectivity index (χ3n) is 4.17. The van der Waals surface area contributed by atoms with Gasteiger partial charge in [-0.3, -0.25) is 4.79 Å². The van der Waals surface area contributed by atoms with Gasteiger partial charge in [-0.2, -0.15) is 0 Å². The normalized spacial score (nSPS) is 11.0. The minimum Gasteiger partial charge on any atom is -0.489 e. The first-order valence-electron chi connectivity index (χ1n) is 9.44. The standard InChI is InChI=1S/C23H20ClN3O5/c24-18-7-11-20(12-8-18)30-13-15-1-3-17(4-2-15)23(29)32-27-22(26)16-5-9-19(10-6-16)31-14-21(25)28/h1-12H,13-14H2,(H2,25,28)(H2,26,27). The number of oxime groups is 1. The molecule has 8 nitrogen and oxygen atoms in total. The molecule has 0 saturated carbocycles. The van der Waals surface area contributed by atoms with Crippen LogP contribution in [0.5, 0.6) is 11.5 Å². The molecule has 3 aromatic rings. The van der Waals surface area contributed by atoms with E-state index in [1.807, 2.05) is 0 Å². The molecule has 0 aromatic heterocycles. The molecule has 3 rings (SSSR count). The van der Waals surface area contributed by atoms with E-state index in [9.17, 15) is 9.59 Å². The number of nitrogens with zero attached hydrogens (tertiary/aromatic N) is 1. The number of amides is 1. The maximum Gasteiger partial charge on any atom is 0.365 e. The highest BCUT2D eigenvalue weighted by Gasteiger charge is 2.09. The second-order valence-corrected chi connectivity index (χ2v) is 7.01. The quantitative estimate of drug-likeness (QED) is 0.221. The first kappa shape index (κ1) is 22.6. The minimum absolute atomic E-state index is 0.00721. The summed E-state index contributed by atoms with van der Waals surface area (Å²) in [5, 5.41) is 4.31. The Hall–Kier alpha value is -4.04. The molecule has 4 N–H and O–H groups in total. The third kappa shape index (κ3) is 6.75. The highest BCUT2D eigenvalue weighted by molar-refractivity contribution is 6.30. The number of nitrogens with two attached hydrogens (primary N) is 2. The van der Waals surface area contributed by atoms with Gasteiger partial charge in [0.05, 0.1) is 5.56 Å². The van der Waals surface area contributed by atoms with Crippen molar-refractivity contribution >= 4 is 29.3 Å². The molecule has 3 aromatic carbocycles. The molecular formula is C23H20ClN3O5. The smallest absolute Gasteiger partial charge is 0.365 e. The monoisotopic (exact) mass is 453 g/mol.